The van der Waals surface area contributed by atoms with Gasteiger partial charge >= 0.3 is 0 Å². The number of hydrogen-bond donors (Lipinski definition) is 1. The summed E-state index contributed by atoms with van der Waals surface area (Å²) < 4.78 is 0. The standard InChI is InChI=1S/C17H23NO2S/c1-16(2)14(17(16,3)4)15(20)18(5)10-12-9-13(21-11-12)7-6-8-19/h9,11,14,19H,8,10H2,1-5H3. The monoisotopic (exact) mass is 305 g/mol. The predicted octanol–water partition coefficient (Wildman–Crippen LogP) is 2.73. The summed E-state index contributed by atoms with van der Waals surface area (Å²) in [6, 6.07) is 1.99. The van der Waals surface area contributed by atoms with Gasteiger partial charge in [0.15, 0.2) is 0 Å². The molecule has 1 aliphatic rings. The number of nitrogens with zero attached hydrogens (tertiary/aromatic N) is 1. The minimum atomic E-state index is -0.128. The first kappa shape index (κ1) is 16.1. The van der Waals surface area contributed by atoms with Gasteiger partial charge in [-0.05, 0) is 27.8 Å². The number of carbonyl (C=O) groups excluding carboxylic acids is 1. The number of thiophene rings is 1. The molecule has 0 unspecified atom stereocenters. The average Bonchev–Trinajstić information content (AvgIpc) is 2.72. The summed E-state index contributed by atoms with van der Waals surface area (Å²) in [5, 5.41) is 10.7. The van der Waals surface area contributed by atoms with Crippen LogP contribution >= 0.6 is 11.3 Å². The van der Waals surface area contributed by atoms with Crippen molar-refractivity contribution in [2.45, 2.75) is 34.2 Å². The van der Waals surface area contributed by atoms with Crippen molar-refractivity contribution in [3.63, 3.8) is 0 Å². The largest absolute Gasteiger partial charge is 0.384 e. The molecule has 1 heterocycles. The molecule has 1 N–H and O–H groups in total. The Labute approximate surface area is 131 Å². The molecule has 0 bridgehead atoms. The van der Waals surface area contributed by atoms with E-state index in [1.807, 2.05) is 23.4 Å². The molecule has 0 saturated heterocycles. The first-order valence-electron chi connectivity index (χ1n) is 7.14. The highest BCUT2D eigenvalue weighted by Crippen LogP contribution is 2.68. The van der Waals surface area contributed by atoms with E-state index < -0.39 is 0 Å². The van der Waals surface area contributed by atoms with Gasteiger partial charge in [-0.3, -0.25) is 4.79 Å². The summed E-state index contributed by atoms with van der Waals surface area (Å²) in [6.07, 6.45) is 0. The van der Waals surface area contributed by atoms with Crippen molar-refractivity contribution < 1.29 is 9.90 Å². The molecular weight excluding hydrogens is 282 g/mol. The maximum Gasteiger partial charge on any atom is 0.226 e. The van der Waals surface area contributed by atoms with Crippen molar-refractivity contribution in [3.8, 4) is 11.8 Å². The van der Waals surface area contributed by atoms with Crippen LogP contribution in [0.5, 0.6) is 0 Å². The fourth-order valence-electron chi connectivity index (χ4n) is 3.04. The number of aliphatic hydroxyl groups is 1. The van der Waals surface area contributed by atoms with E-state index in [0.717, 1.165) is 10.4 Å². The average molecular weight is 305 g/mol. The molecule has 4 heteroatoms. The molecule has 1 aromatic rings. The molecule has 0 aromatic carbocycles. The van der Waals surface area contributed by atoms with E-state index in [-0.39, 0.29) is 29.3 Å². The van der Waals surface area contributed by atoms with Gasteiger partial charge in [-0.25, -0.2) is 0 Å². The van der Waals surface area contributed by atoms with Crippen molar-refractivity contribution in [2.24, 2.45) is 16.7 Å². The van der Waals surface area contributed by atoms with Gasteiger partial charge in [0.2, 0.25) is 5.91 Å². The van der Waals surface area contributed by atoms with Crippen LogP contribution in [-0.4, -0.2) is 29.6 Å². The van der Waals surface area contributed by atoms with Crippen LogP contribution in [0.15, 0.2) is 11.4 Å². The summed E-state index contributed by atoms with van der Waals surface area (Å²) in [7, 11) is 1.86. The summed E-state index contributed by atoms with van der Waals surface area (Å²) in [5.74, 6) is 5.85. The molecular formula is C17H23NO2S. The van der Waals surface area contributed by atoms with Crippen molar-refractivity contribution in [1.29, 1.82) is 0 Å². The highest BCUT2D eigenvalue weighted by molar-refractivity contribution is 7.10. The zero-order valence-corrected chi connectivity index (χ0v) is 14.2. The Hall–Kier alpha value is -1.31. The lowest BCUT2D eigenvalue weighted by Crippen LogP contribution is -2.29. The van der Waals surface area contributed by atoms with Crippen LogP contribution in [0.3, 0.4) is 0 Å². The second-order valence-corrected chi connectivity index (χ2v) is 7.76. The van der Waals surface area contributed by atoms with Gasteiger partial charge in [0, 0.05) is 19.5 Å². The smallest absolute Gasteiger partial charge is 0.226 e. The second kappa shape index (κ2) is 5.47. The van der Waals surface area contributed by atoms with Crippen molar-refractivity contribution in [2.75, 3.05) is 13.7 Å². The maximum atomic E-state index is 12.6. The molecule has 1 aromatic heterocycles. The number of rotatable bonds is 3. The van der Waals surface area contributed by atoms with Crippen LogP contribution in [0.2, 0.25) is 0 Å². The zero-order valence-electron chi connectivity index (χ0n) is 13.4. The first-order valence-corrected chi connectivity index (χ1v) is 8.02. The molecule has 0 spiro atoms. The lowest BCUT2D eigenvalue weighted by atomic mass is 10.0. The van der Waals surface area contributed by atoms with E-state index in [1.54, 1.807) is 11.3 Å². The minimum Gasteiger partial charge on any atom is -0.384 e. The van der Waals surface area contributed by atoms with Crippen LogP contribution < -0.4 is 0 Å². The quantitative estimate of drug-likeness (QED) is 0.872. The van der Waals surface area contributed by atoms with Crippen LogP contribution in [0, 0.1) is 28.6 Å². The van der Waals surface area contributed by atoms with E-state index in [4.69, 9.17) is 5.11 Å². The van der Waals surface area contributed by atoms with Gasteiger partial charge < -0.3 is 10.0 Å². The number of hydrogen-bond acceptors (Lipinski definition) is 3. The van der Waals surface area contributed by atoms with Crippen LogP contribution in [-0.2, 0) is 11.3 Å². The highest BCUT2D eigenvalue weighted by atomic mass is 32.1. The first-order chi connectivity index (χ1) is 9.71. The van der Waals surface area contributed by atoms with E-state index in [9.17, 15) is 4.79 Å². The molecule has 3 nitrogen and oxygen atoms in total. The molecule has 1 aliphatic carbocycles. The molecule has 2 rings (SSSR count). The summed E-state index contributed by atoms with van der Waals surface area (Å²) in [4.78, 5) is 15.3. The van der Waals surface area contributed by atoms with Crippen LogP contribution in [0.25, 0.3) is 0 Å². The number of carbonyl (C=O) groups is 1. The van der Waals surface area contributed by atoms with Gasteiger partial charge in [-0.1, -0.05) is 39.5 Å². The van der Waals surface area contributed by atoms with Gasteiger partial charge in [0.05, 0.1) is 4.88 Å². The Morgan fingerprint density at radius 2 is 2.00 bits per heavy atom. The second-order valence-electron chi connectivity index (χ2n) is 6.85. The maximum absolute atomic E-state index is 12.6. The topological polar surface area (TPSA) is 40.5 Å². The Kier molecular flexibility index (Phi) is 4.19. The summed E-state index contributed by atoms with van der Waals surface area (Å²) >= 11 is 1.54. The molecule has 1 saturated carbocycles. The number of amides is 1. The molecule has 21 heavy (non-hydrogen) atoms. The van der Waals surface area contributed by atoms with E-state index in [0.29, 0.717) is 6.54 Å². The van der Waals surface area contributed by atoms with Gasteiger partial charge in [0.1, 0.15) is 6.61 Å². The van der Waals surface area contributed by atoms with Gasteiger partial charge in [0.25, 0.3) is 0 Å². The van der Waals surface area contributed by atoms with E-state index in [1.165, 1.54) is 0 Å². The SMILES string of the molecule is CN(Cc1csc(C#CCO)c1)C(=O)C1C(C)(C)C1(C)C. The van der Waals surface area contributed by atoms with Gasteiger partial charge in [-0.2, -0.15) is 0 Å². The summed E-state index contributed by atoms with van der Waals surface area (Å²) in [6.45, 7) is 9.14. The zero-order chi connectivity index (χ0) is 15.8. The van der Waals surface area contributed by atoms with Crippen molar-refractivity contribution in [1.82, 2.24) is 4.90 Å². The third-order valence-corrected chi connectivity index (χ3v) is 5.90. The minimum absolute atomic E-state index is 0.0742. The Morgan fingerprint density at radius 3 is 2.52 bits per heavy atom. The predicted molar refractivity (Wildman–Crippen MR) is 85.8 cm³/mol. The Bertz CT molecular complexity index is 590. The molecule has 0 radical (unpaired) electrons. The van der Waals surface area contributed by atoms with Gasteiger partial charge in [-0.15, -0.1) is 11.3 Å². The third-order valence-electron chi connectivity index (χ3n) is 5.01. The fraction of sp³-hybridized carbons (Fsp3) is 0.588. The number of aliphatic hydroxyl groups excluding tert-OH is 1. The van der Waals surface area contributed by atoms with Crippen molar-refractivity contribution >= 4 is 17.2 Å². The molecule has 1 fully saturated rings. The Morgan fingerprint density at radius 1 is 1.38 bits per heavy atom. The highest BCUT2D eigenvalue weighted by Gasteiger charge is 2.68. The van der Waals surface area contributed by atoms with Crippen molar-refractivity contribution in [3.05, 3.63) is 21.9 Å². The summed E-state index contributed by atoms with van der Waals surface area (Å²) in [5.41, 5.74) is 1.24. The third kappa shape index (κ3) is 2.86. The fourth-order valence-corrected chi connectivity index (χ4v) is 3.81. The Balaban J connectivity index is 2.01. The normalized spacial score (nSPS) is 18.8. The molecule has 0 aliphatic heterocycles. The van der Waals surface area contributed by atoms with Crippen LogP contribution in [0.1, 0.15) is 38.1 Å². The lowest BCUT2D eigenvalue weighted by molar-refractivity contribution is -0.133. The lowest BCUT2D eigenvalue weighted by Gasteiger charge is -2.17. The molecule has 0 atom stereocenters. The molecule has 114 valence electrons. The molecule has 1 amide bonds. The van der Waals surface area contributed by atoms with Crippen LogP contribution in [0.4, 0.5) is 0 Å². The van der Waals surface area contributed by atoms with E-state index in [2.05, 4.69) is 39.5 Å². The van der Waals surface area contributed by atoms with E-state index >= 15 is 0 Å².